The Hall–Kier alpha value is -1.62. The molecule has 1 saturated heterocycles. The van der Waals surface area contributed by atoms with Gasteiger partial charge in [-0.3, -0.25) is 9.78 Å². The van der Waals surface area contributed by atoms with E-state index in [1.165, 1.54) is 12.4 Å². The first-order valence-corrected chi connectivity index (χ1v) is 5.88. The van der Waals surface area contributed by atoms with Gasteiger partial charge in [0.25, 0.3) is 5.91 Å². The number of aromatic nitrogens is 1. The molecule has 3 N–H and O–H groups in total. The van der Waals surface area contributed by atoms with E-state index >= 15 is 0 Å². The monoisotopic (exact) mass is 235 g/mol. The van der Waals surface area contributed by atoms with E-state index in [-0.39, 0.29) is 17.7 Å². The predicted octanol–water partition coefficient (Wildman–Crippen LogP) is 0.741. The average molecular weight is 235 g/mol. The molecule has 0 aromatic carbocycles. The highest BCUT2D eigenvalue weighted by molar-refractivity contribution is 5.96. The third-order valence-corrected chi connectivity index (χ3v) is 3.19. The minimum absolute atomic E-state index is 0.0705. The van der Waals surface area contributed by atoms with Crippen molar-refractivity contribution in [2.75, 3.05) is 13.1 Å². The summed E-state index contributed by atoms with van der Waals surface area (Å²) in [5.74, 6) is -0.223. The lowest BCUT2D eigenvalue weighted by Gasteiger charge is -2.35. The maximum Gasteiger partial charge on any atom is 0.258 e. The SMILES string of the molecule is NCC1CCCCN1C(=O)c1ccncc1O. The molecule has 0 bridgehead atoms. The first kappa shape index (κ1) is 11.9. The second kappa shape index (κ2) is 5.14. The molecule has 0 saturated carbocycles. The van der Waals surface area contributed by atoms with Crippen LogP contribution in [-0.2, 0) is 0 Å². The number of amides is 1. The third kappa shape index (κ3) is 2.39. The van der Waals surface area contributed by atoms with Crippen LogP contribution in [0.15, 0.2) is 18.5 Å². The fraction of sp³-hybridized carbons (Fsp3) is 0.500. The Morgan fingerprint density at radius 3 is 3.12 bits per heavy atom. The summed E-state index contributed by atoms with van der Waals surface area (Å²) in [6.07, 6.45) is 5.83. The Balaban J connectivity index is 2.21. The lowest BCUT2D eigenvalue weighted by Crippen LogP contribution is -2.47. The molecule has 1 aromatic rings. The maximum atomic E-state index is 12.3. The van der Waals surface area contributed by atoms with Crippen molar-refractivity contribution >= 4 is 5.91 Å². The molecule has 0 aliphatic carbocycles. The maximum absolute atomic E-state index is 12.3. The van der Waals surface area contributed by atoms with Crippen molar-refractivity contribution in [1.29, 1.82) is 0 Å². The van der Waals surface area contributed by atoms with Gasteiger partial charge in [-0.25, -0.2) is 0 Å². The fourth-order valence-electron chi connectivity index (χ4n) is 2.23. The summed E-state index contributed by atoms with van der Waals surface area (Å²) in [6, 6.07) is 1.63. The van der Waals surface area contributed by atoms with Gasteiger partial charge in [-0.1, -0.05) is 0 Å². The van der Waals surface area contributed by atoms with Gasteiger partial charge in [-0.2, -0.15) is 0 Å². The van der Waals surface area contributed by atoms with Gasteiger partial charge in [-0.05, 0) is 25.3 Å². The lowest BCUT2D eigenvalue weighted by atomic mass is 10.0. The zero-order valence-electron chi connectivity index (χ0n) is 9.67. The van der Waals surface area contributed by atoms with Crippen LogP contribution >= 0.6 is 0 Å². The minimum Gasteiger partial charge on any atom is -0.505 e. The van der Waals surface area contributed by atoms with Crippen LogP contribution in [0.25, 0.3) is 0 Å². The molecule has 0 radical (unpaired) electrons. The standard InChI is InChI=1S/C12H17N3O2/c13-7-9-3-1-2-6-15(9)12(17)10-4-5-14-8-11(10)16/h4-5,8-9,16H,1-3,6-7,13H2. The summed E-state index contributed by atoms with van der Waals surface area (Å²) in [4.78, 5) is 17.8. The van der Waals surface area contributed by atoms with Crippen molar-refractivity contribution in [3.63, 3.8) is 0 Å². The van der Waals surface area contributed by atoms with Crippen molar-refractivity contribution in [3.05, 3.63) is 24.0 Å². The normalized spacial score (nSPS) is 20.3. The topological polar surface area (TPSA) is 79.5 Å². The van der Waals surface area contributed by atoms with Crippen LogP contribution in [0.3, 0.4) is 0 Å². The van der Waals surface area contributed by atoms with E-state index in [0.717, 1.165) is 19.3 Å². The Morgan fingerprint density at radius 2 is 2.41 bits per heavy atom. The predicted molar refractivity (Wildman–Crippen MR) is 63.6 cm³/mol. The van der Waals surface area contributed by atoms with Crippen LogP contribution in [0.4, 0.5) is 0 Å². The number of aromatic hydroxyl groups is 1. The van der Waals surface area contributed by atoms with E-state index in [0.29, 0.717) is 18.7 Å². The summed E-state index contributed by atoms with van der Waals surface area (Å²) < 4.78 is 0. The van der Waals surface area contributed by atoms with Gasteiger partial charge in [0.15, 0.2) is 0 Å². The summed E-state index contributed by atoms with van der Waals surface area (Å²) in [7, 11) is 0. The van der Waals surface area contributed by atoms with Crippen LogP contribution in [0.5, 0.6) is 5.75 Å². The van der Waals surface area contributed by atoms with Crippen molar-refractivity contribution in [3.8, 4) is 5.75 Å². The molecule has 1 aromatic heterocycles. The highest BCUT2D eigenvalue weighted by Crippen LogP contribution is 2.22. The van der Waals surface area contributed by atoms with Crippen LogP contribution in [0.1, 0.15) is 29.6 Å². The quantitative estimate of drug-likeness (QED) is 0.792. The number of likely N-dealkylation sites (tertiary alicyclic amines) is 1. The van der Waals surface area contributed by atoms with Gasteiger partial charge in [0.05, 0.1) is 11.8 Å². The molecule has 1 fully saturated rings. The first-order valence-electron chi connectivity index (χ1n) is 5.88. The molecule has 1 aliphatic rings. The molecular weight excluding hydrogens is 218 g/mol. The van der Waals surface area contributed by atoms with Crippen molar-refractivity contribution in [2.45, 2.75) is 25.3 Å². The van der Waals surface area contributed by atoms with E-state index < -0.39 is 0 Å². The molecular formula is C12H17N3O2. The number of pyridine rings is 1. The number of hydrogen-bond donors (Lipinski definition) is 2. The largest absolute Gasteiger partial charge is 0.505 e. The zero-order chi connectivity index (χ0) is 12.3. The van der Waals surface area contributed by atoms with Crippen LogP contribution in [-0.4, -0.2) is 40.0 Å². The number of rotatable bonds is 2. The van der Waals surface area contributed by atoms with E-state index in [1.54, 1.807) is 11.0 Å². The smallest absolute Gasteiger partial charge is 0.258 e. The number of hydrogen-bond acceptors (Lipinski definition) is 4. The van der Waals surface area contributed by atoms with Gasteiger partial charge in [0, 0.05) is 25.3 Å². The van der Waals surface area contributed by atoms with Gasteiger partial charge in [0.1, 0.15) is 5.75 Å². The highest BCUT2D eigenvalue weighted by atomic mass is 16.3. The summed E-state index contributed by atoms with van der Waals surface area (Å²) in [5, 5.41) is 9.63. The molecule has 1 unspecified atom stereocenters. The second-order valence-electron chi connectivity index (χ2n) is 4.28. The molecule has 5 heteroatoms. The lowest BCUT2D eigenvalue weighted by molar-refractivity contribution is 0.0620. The zero-order valence-corrected chi connectivity index (χ0v) is 9.67. The number of carbonyl (C=O) groups excluding carboxylic acids is 1. The highest BCUT2D eigenvalue weighted by Gasteiger charge is 2.27. The van der Waals surface area contributed by atoms with E-state index in [4.69, 9.17) is 5.73 Å². The fourth-order valence-corrected chi connectivity index (χ4v) is 2.23. The van der Waals surface area contributed by atoms with Crippen LogP contribution in [0.2, 0.25) is 0 Å². The molecule has 1 atom stereocenters. The van der Waals surface area contributed by atoms with Crippen molar-refractivity contribution in [1.82, 2.24) is 9.88 Å². The van der Waals surface area contributed by atoms with Crippen LogP contribution < -0.4 is 5.73 Å². The minimum atomic E-state index is -0.153. The van der Waals surface area contributed by atoms with Gasteiger partial charge >= 0.3 is 0 Å². The summed E-state index contributed by atoms with van der Waals surface area (Å²) in [5.41, 5.74) is 5.98. The molecule has 92 valence electrons. The molecule has 2 rings (SSSR count). The molecule has 5 nitrogen and oxygen atoms in total. The number of carbonyl (C=O) groups is 1. The Bertz CT molecular complexity index is 408. The Kier molecular flexibility index (Phi) is 3.58. The van der Waals surface area contributed by atoms with Crippen LogP contribution in [0, 0.1) is 0 Å². The first-order chi connectivity index (χ1) is 8.24. The third-order valence-electron chi connectivity index (χ3n) is 3.19. The Morgan fingerprint density at radius 1 is 1.59 bits per heavy atom. The molecule has 1 amide bonds. The van der Waals surface area contributed by atoms with Crippen molar-refractivity contribution < 1.29 is 9.90 Å². The number of nitrogens with two attached hydrogens (primary N) is 1. The summed E-state index contributed by atoms with van der Waals surface area (Å²) >= 11 is 0. The number of nitrogens with zero attached hydrogens (tertiary/aromatic N) is 2. The van der Waals surface area contributed by atoms with Crippen molar-refractivity contribution in [2.24, 2.45) is 5.73 Å². The van der Waals surface area contributed by atoms with E-state index in [1.807, 2.05) is 0 Å². The average Bonchev–Trinajstić information content (AvgIpc) is 2.38. The van der Waals surface area contributed by atoms with E-state index in [9.17, 15) is 9.90 Å². The van der Waals surface area contributed by atoms with Gasteiger partial charge < -0.3 is 15.7 Å². The van der Waals surface area contributed by atoms with E-state index in [2.05, 4.69) is 4.98 Å². The van der Waals surface area contributed by atoms with Gasteiger partial charge in [0.2, 0.25) is 0 Å². The molecule has 0 spiro atoms. The summed E-state index contributed by atoms with van der Waals surface area (Å²) in [6.45, 7) is 1.18. The second-order valence-corrected chi connectivity index (χ2v) is 4.28. The van der Waals surface area contributed by atoms with Gasteiger partial charge in [-0.15, -0.1) is 0 Å². The molecule has 2 heterocycles. The number of piperidine rings is 1. The molecule has 1 aliphatic heterocycles. The Labute approximate surface area is 100 Å². The molecule has 17 heavy (non-hydrogen) atoms.